The Morgan fingerprint density at radius 3 is 3.15 bits per heavy atom. The number of hydrogen-bond donors (Lipinski definition) is 2. The second-order valence-electron chi connectivity index (χ2n) is 5.10. The van der Waals surface area contributed by atoms with Crippen LogP contribution in [0.2, 0.25) is 5.02 Å². The molecule has 0 spiro atoms. The first-order valence-electron chi connectivity index (χ1n) is 6.75. The summed E-state index contributed by atoms with van der Waals surface area (Å²) in [5, 5.41) is 0.342. The van der Waals surface area contributed by atoms with E-state index in [1.54, 1.807) is 6.07 Å². The van der Waals surface area contributed by atoms with Crippen LogP contribution in [0.25, 0.3) is 0 Å². The average Bonchev–Trinajstić information content (AvgIpc) is 2.94. The number of aromatic nitrogens is 1. The molecule has 2 aliphatic rings. The first kappa shape index (κ1) is 13.6. The molecule has 108 valence electrons. The number of amides is 1. The Morgan fingerprint density at radius 2 is 2.40 bits per heavy atom. The third kappa shape index (κ3) is 2.34. The Hall–Kier alpha value is -1.37. The highest BCUT2D eigenvalue weighted by Gasteiger charge is 2.38. The fourth-order valence-corrected chi connectivity index (χ4v) is 3.23. The molecular weight excluding hydrogens is 280 g/mol. The van der Waals surface area contributed by atoms with Gasteiger partial charge in [-0.3, -0.25) is 4.79 Å². The van der Waals surface area contributed by atoms with Crippen molar-refractivity contribution in [2.75, 3.05) is 18.6 Å². The van der Waals surface area contributed by atoms with E-state index in [2.05, 4.69) is 10.4 Å². The maximum Gasteiger partial charge on any atom is 0.255 e. The van der Waals surface area contributed by atoms with Gasteiger partial charge in [0.05, 0.1) is 29.3 Å². The van der Waals surface area contributed by atoms with E-state index in [-0.39, 0.29) is 18.1 Å². The Kier molecular flexibility index (Phi) is 3.78. The Morgan fingerprint density at radius 1 is 1.55 bits per heavy atom. The quantitative estimate of drug-likeness (QED) is 0.637. The number of nitrogens with two attached hydrogens (primary N) is 1. The average molecular weight is 297 g/mol. The van der Waals surface area contributed by atoms with Crippen molar-refractivity contribution in [3.8, 4) is 0 Å². The highest BCUT2D eigenvalue weighted by Crippen LogP contribution is 2.31. The van der Waals surface area contributed by atoms with E-state index < -0.39 is 0 Å². The Balaban J connectivity index is 1.82. The molecule has 2 atom stereocenters. The number of carbonyl (C=O) groups excluding carboxylic acids is 1. The summed E-state index contributed by atoms with van der Waals surface area (Å²) in [5.41, 5.74) is 2.88. The van der Waals surface area contributed by atoms with Gasteiger partial charge < -0.3 is 15.1 Å². The summed E-state index contributed by atoms with van der Waals surface area (Å²) in [5.74, 6) is 5.61. The number of fused-ring (bicyclic) bond motifs is 1. The molecule has 0 aromatic carbocycles. The number of nitrogens with zero attached hydrogens (tertiary/aromatic N) is 2. The lowest BCUT2D eigenvalue weighted by Gasteiger charge is -2.37. The molecule has 2 heterocycles. The summed E-state index contributed by atoms with van der Waals surface area (Å²) in [6.07, 6.45) is 4.82. The number of halogens is 1. The molecule has 1 saturated carbocycles. The standard InChI is InChI=1S/C13H17ClN4O2/c14-9-6-8(7-16-12(9)17-15)13(19)18-4-5-20-11-3-1-2-10(11)18/h6-7,10-11H,1-5,15H2,(H,16,17). The van der Waals surface area contributed by atoms with Gasteiger partial charge in [0.25, 0.3) is 5.91 Å². The molecule has 1 aromatic heterocycles. The summed E-state index contributed by atoms with van der Waals surface area (Å²) < 4.78 is 5.72. The zero-order valence-corrected chi connectivity index (χ0v) is 11.8. The summed E-state index contributed by atoms with van der Waals surface area (Å²) in [6.45, 7) is 1.21. The summed E-state index contributed by atoms with van der Waals surface area (Å²) in [7, 11) is 0. The fourth-order valence-electron chi connectivity index (χ4n) is 3.00. The van der Waals surface area contributed by atoms with E-state index in [1.807, 2.05) is 4.90 Å². The van der Waals surface area contributed by atoms with Crippen molar-refractivity contribution in [3.05, 3.63) is 22.8 Å². The fraction of sp³-hybridized carbons (Fsp3) is 0.538. The van der Waals surface area contributed by atoms with Crippen molar-refractivity contribution < 1.29 is 9.53 Å². The topological polar surface area (TPSA) is 80.5 Å². The number of nitrogen functional groups attached to an aromatic ring is 1. The zero-order valence-electron chi connectivity index (χ0n) is 11.0. The lowest BCUT2D eigenvalue weighted by Crippen LogP contribution is -2.51. The van der Waals surface area contributed by atoms with Crippen LogP contribution in [0.15, 0.2) is 12.3 Å². The SMILES string of the molecule is NNc1ncc(C(=O)N2CCOC3CCCC32)cc1Cl. The Labute approximate surface area is 122 Å². The summed E-state index contributed by atoms with van der Waals surface area (Å²) >= 11 is 6.02. The van der Waals surface area contributed by atoms with Crippen LogP contribution in [-0.4, -0.2) is 41.1 Å². The number of hydrazine groups is 1. The molecule has 2 unspecified atom stereocenters. The molecule has 6 nitrogen and oxygen atoms in total. The molecule has 3 N–H and O–H groups in total. The normalized spacial score (nSPS) is 25.4. The number of morpholine rings is 1. The predicted octanol–water partition coefficient (Wildman–Crippen LogP) is 1.41. The molecule has 1 amide bonds. The van der Waals surface area contributed by atoms with Crippen LogP contribution in [-0.2, 0) is 4.74 Å². The summed E-state index contributed by atoms with van der Waals surface area (Å²) in [4.78, 5) is 18.6. The lowest BCUT2D eigenvalue weighted by atomic mass is 10.1. The van der Waals surface area contributed by atoms with Crippen LogP contribution < -0.4 is 11.3 Å². The van der Waals surface area contributed by atoms with Gasteiger partial charge >= 0.3 is 0 Å². The monoisotopic (exact) mass is 296 g/mol. The van der Waals surface area contributed by atoms with Gasteiger partial charge in [0.15, 0.2) is 5.82 Å². The highest BCUT2D eigenvalue weighted by atomic mass is 35.5. The molecule has 1 aliphatic carbocycles. The minimum atomic E-state index is -0.0387. The van der Waals surface area contributed by atoms with Crippen LogP contribution >= 0.6 is 11.6 Å². The van der Waals surface area contributed by atoms with Crippen LogP contribution in [0, 0.1) is 0 Å². The van der Waals surface area contributed by atoms with E-state index in [9.17, 15) is 4.79 Å². The first-order chi connectivity index (χ1) is 9.70. The van der Waals surface area contributed by atoms with Gasteiger partial charge in [0, 0.05) is 12.7 Å². The number of carbonyl (C=O) groups is 1. The number of hydrogen-bond acceptors (Lipinski definition) is 5. The van der Waals surface area contributed by atoms with E-state index in [4.69, 9.17) is 22.2 Å². The predicted molar refractivity (Wildman–Crippen MR) is 75.5 cm³/mol. The molecule has 0 radical (unpaired) electrons. The van der Waals surface area contributed by atoms with Crippen LogP contribution in [0.5, 0.6) is 0 Å². The third-order valence-electron chi connectivity index (χ3n) is 3.97. The minimum Gasteiger partial charge on any atom is -0.374 e. The zero-order chi connectivity index (χ0) is 14.1. The van der Waals surface area contributed by atoms with Gasteiger partial charge in [-0.15, -0.1) is 0 Å². The van der Waals surface area contributed by atoms with Gasteiger partial charge in [-0.2, -0.15) is 0 Å². The van der Waals surface area contributed by atoms with Crippen LogP contribution in [0.3, 0.4) is 0 Å². The van der Waals surface area contributed by atoms with Gasteiger partial charge in [-0.1, -0.05) is 11.6 Å². The molecule has 1 saturated heterocycles. The van der Waals surface area contributed by atoms with Crippen molar-refractivity contribution in [1.82, 2.24) is 9.88 Å². The second kappa shape index (κ2) is 5.55. The van der Waals surface area contributed by atoms with Crippen LogP contribution in [0.4, 0.5) is 5.82 Å². The first-order valence-corrected chi connectivity index (χ1v) is 7.13. The Bertz CT molecular complexity index is 525. The van der Waals surface area contributed by atoms with Crippen molar-refractivity contribution in [1.29, 1.82) is 0 Å². The number of ether oxygens (including phenoxy) is 1. The molecule has 0 bridgehead atoms. The second-order valence-corrected chi connectivity index (χ2v) is 5.51. The number of anilines is 1. The third-order valence-corrected chi connectivity index (χ3v) is 4.26. The number of pyridine rings is 1. The molecule has 20 heavy (non-hydrogen) atoms. The lowest BCUT2D eigenvalue weighted by molar-refractivity contribution is -0.0445. The number of nitrogens with one attached hydrogen (secondary N) is 1. The number of rotatable bonds is 2. The van der Waals surface area contributed by atoms with Crippen molar-refractivity contribution >= 4 is 23.3 Å². The van der Waals surface area contributed by atoms with Crippen LogP contribution in [0.1, 0.15) is 29.6 Å². The van der Waals surface area contributed by atoms with Crippen molar-refractivity contribution in [3.63, 3.8) is 0 Å². The highest BCUT2D eigenvalue weighted by molar-refractivity contribution is 6.33. The molecule has 1 aromatic rings. The minimum absolute atomic E-state index is 0.0387. The van der Waals surface area contributed by atoms with E-state index in [0.29, 0.717) is 29.6 Å². The van der Waals surface area contributed by atoms with E-state index in [1.165, 1.54) is 6.20 Å². The largest absolute Gasteiger partial charge is 0.374 e. The summed E-state index contributed by atoms with van der Waals surface area (Å²) in [6, 6.07) is 1.79. The molecular formula is C13H17ClN4O2. The smallest absolute Gasteiger partial charge is 0.255 e. The maximum absolute atomic E-state index is 12.6. The van der Waals surface area contributed by atoms with Gasteiger partial charge in [0.1, 0.15) is 0 Å². The van der Waals surface area contributed by atoms with E-state index >= 15 is 0 Å². The van der Waals surface area contributed by atoms with Gasteiger partial charge in [0.2, 0.25) is 0 Å². The molecule has 3 rings (SSSR count). The van der Waals surface area contributed by atoms with Crippen molar-refractivity contribution in [2.24, 2.45) is 5.84 Å². The molecule has 1 aliphatic heterocycles. The molecule has 7 heteroatoms. The van der Waals surface area contributed by atoms with Gasteiger partial charge in [-0.05, 0) is 25.3 Å². The van der Waals surface area contributed by atoms with Crippen molar-refractivity contribution in [2.45, 2.75) is 31.4 Å². The maximum atomic E-state index is 12.6. The van der Waals surface area contributed by atoms with Gasteiger partial charge in [-0.25, -0.2) is 10.8 Å². The molecule has 2 fully saturated rings. The van der Waals surface area contributed by atoms with E-state index in [0.717, 1.165) is 19.3 Å².